The van der Waals surface area contributed by atoms with Crippen molar-refractivity contribution < 1.29 is 17.9 Å². The fourth-order valence-corrected chi connectivity index (χ4v) is 4.03. The number of hydrogen-bond acceptors (Lipinski definition) is 4. The maximum Gasteiger partial charge on any atom is 0.241 e. The molecular formula is C12H22N2O4S. The van der Waals surface area contributed by atoms with E-state index in [2.05, 4.69) is 0 Å². The average molecular weight is 290 g/mol. The third-order valence-corrected chi connectivity index (χ3v) is 5.29. The molecule has 2 heterocycles. The van der Waals surface area contributed by atoms with E-state index in [9.17, 15) is 13.2 Å². The van der Waals surface area contributed by atoms with Crippen molar-refractivity contribution in [1.29, 1.82) is 0 Å². The molecular weight excluding hydrogens is 268 g/mol. The quantitative estimate of drug-likeness (QED) is 0.736. The van der Waals surface area contributed by atoms with Gasteiger partial charge in [0, 0.05) is 26.7 Å². The zero-order valence-electron chi connectivity index (χ0n) is 11.5. The van der Waals surface area contributed by atoms with Crippen LogP contribution in [-0.4, -0.2) is 68.7 Å². The summed E-state index contributed by atoms with van der Waals surface area (Å²) >= 11 is 0. The van der Waals surface area contributed by atoms with Crippen LogP contribution in [-0.2, 0) is 19.6 Å². The van der Waals surface area contributed by atoms with E-state index >= 15 is 0 Å². The molecule has 0 N–H and O–H groups in total. The van der Waals surface area contributed by atoms with Crippen LogP contribution in [0.1, 0.15) is 25.7 Å². The second-order valence-electron chi connectivity index (χ2n) is 5.29. The number of piperidine rings is 1. The van der Waals surface area contributed by atoms with Gasteiger partial charge in [0.05, 0.1) is 12.4 Å². The Balaban J connectivity index is 2.00. The Labute approximate surface area is 114 Å². The number of amides is 1. The van der Waals surface area contributed by atoms with Gasteiger partial charge >= 0.3 is 0 Å². The molecule has 0 aromatic heterocycles. The summed E-state index contributed by atoms with van der Waals surface area (Å²) in [5.41, 5.74) is 0. The first kappa shape index (κ1) is 14.7. The number of likely N-dealkylation sites (tertiary alicyclic amines) is 1. The van der Waals surface area contributed by atoms with Crippen molar-refractivity contribution in [3.05, 3.63) is 0 Å². The fourth-order valence-electron chi connectivity index (χ4n) is 2.91. The largest absolute Gasteiger partial charge is 0.381 e. The zero-order chi connectivity index (χ0) is 14.0. The van der Waals surface area contributed by atoms with Crippen LogP contribution >= 0.6 is 0 Å². The van der Waals surface area contributed by atoms with Crippen LogP contribution in [0.25, 0.3) is 0 Å². The van der Waals surface area contributed by atoms with E-state index in [1.54, 1.807) is 12.0 Å². The van der Waals surface area contributed by atoms with Gasteiger partial charge in [-0.15, -0.1) is 0 Å². The Morgan fingerprint density at radius 1 is 1.16 bits per heavy atom. The Bertz CT molecular complexity index is 429. The van der Waals surface area contributed by atoms with Crippen LogP contribution in [0, 0.1) is 0 Å². The lowest BCUT2D eigenvalue weighted by molar-refractivity contribution is -0.136. The van der Waals surface area contributed by atoms with Gasteiger partial charge in [0.25, 0.3) is 0 Å². The minimum Gasteiger partial charge on any atom is -0.381 e. The minimum absolute atomic E-state index is 0.0440. The molecule has 0 aromatic carbocycles. The van der Waals surface area contributed by atoms with Crippen LogP contribution in [0.4, 0.5) is 0 Å². The fraction of sp³-hybridized carbons (Fsp3) is 0.917. The monoisotopic (exact) mass is 290 g/mol. The Hall–Kier alpha value is -0.660. The van der Waals surface area contributed by atoms with E-state index < -0.39 is 16.1 Å². The van der Waals surface area contributed by atoms with Crippen LogP contribution in [0.15, 0.2) is 0 Å². The van der Waals surface area contributed by atoms with E-state index in [0.717, 1.165) is 19.3 Å². The molecule has 2 aliphatic rings. The van der Waals surface area contributed by atoms with Gasteiger partial charge in [-0.25, -0.2) is 8.42 Å². The zero-order valence-corrected chi connectivity index (χ0v) is 12.4. The molecule has 0 saturated carbocycles. The molecule has 0 bridgehead atoms. The number of hydrogen-bond donors (Lipinski definition) is 0. The van der Waals surface area contributed by atoms with Gasteiger partial charge in [-0.3, -0.25) is 4.79 Å². The second-order valence-corrected chi connectivity index (χ2v) is 7.23. The standard InChI is InChI=1S/C12H22N2O4S/c1-18-10-5-8-13(9-6-10)12(15)11-4-3-7-14(11)19(2,16)17/h10-11H,3-9H2,1-2H3. The van der Waals surface area contributed by atoms with E-state index in [-0.39, 0.29) is 12.0 Å². The molecule has 6 nitrogen and oxygen atoms in total. The highest BCUT2D eigenvalue weighted by Crippen LogP contribution is 2.24. The maximum absolute atomic E-state index is 12.4. The second kappa shape index (κ2) is 5.76. The van der Waals surface area contributed by atoms with E-state index in [1.165, 1.54) is 10.6 Å². The predicted molar refractivity (Wildman–Crippen MR) is 71.2 cm³/mol. The highest BCUT2D eigenvalue weighted by molar-refractivity contribution is 7.88. The first-order chi connectivity index (χ1) is 8.93. The third kappa shape index (κ3) is 3.27. The topological polar surface area (TPSA) is 66.9 Å². The van der Waals surface area contributed by atoms with E-state index in [4.69, 9.17) is 4.74 Å². The molecule has 2 fully saturated rings. The summed E-state index contributed by atoms with van der Waals surface area (Å²) in [6.45, 7) is 1.78. The third-order valence-electron chi connectivity index (χ3n) is 4.00. The predicted octanol–water partition coefficient (Wildman–Crippen LogP) is 0.0478. The SMILES string of the molecule is COC1CCN(C(=O)C2CCCN2S(C)(=O)=O)CC1. The van der Waals surface area contributed by atoms with Crippen molar-refractivity contribution in [2.75, 3.05) is 33.0 Å². The van der Waals surface area contributed by atoms with Gasteiger partial charge in [0.15, 0.2) is 0 Å². The molecule has 1 atom stereocenters. The summed E-state index contributed by atoms with van der Waals surface area (Å²) < 4.78 is 30.0. The van der Waals surface area contributed by atoms with Gasteiger partial charge in [-0.1, -0.05) is 0 Å². The Morgan fingerprint density at radius 2 is 1.79 bits per heavy atom. The van der Waals surface area contributed by atoms with Crippen molar-refractivity contribution in [2.45, 2.75) is 37.8 Å². The summed E-state index contributed by atoms with van der Waals surface area (Å²) in [7, 11) is -1.60. The lowest BCUT2D eigenvalue weighted by Gasteiger charge is -2.34. The molecule has 2 aliphatic heterocycles. The number of nitrogens with zero attached hydrogens (tertiary/aromatic N) is 2. The molecule has 0 radical (unpaired) electrons. The minimum atomic E-state index is -3.29. The number of carbonyl (C=O) groups is 1. The smallest absolute Gasteiger partial charge is 0.241 e. The molecule has 7 heteroatoms. The number of ether oxygens (including phenoxy) is 1. The number of sulfonamides is 1. The van der Waals surface area contributed by atoms with Crippen LogP contribution in [0.2, 0.25) is 0 Å². The van der Waals surface area contributed by atoms with Gasteiger partial charge < -0.3 is 9.64 Å². The molecule has 1 amide bonds. The van der Waals surface area contributed by atoms with Gasteiger partial charge in [-0.05, 0) is 25.7 Å². The van der Waals surface area contributed by atoms with E-state index in [0.29, 0.717) is 26.1 Å². The first-order valence-electron chi connectivity index (χ1n) is 6.72. The first-order valence-corrected chi connectivity index (χ1v) is 8.56. The maximum atomic E-state index is 12.4. The van der Waals surface area contributed by atoms with Crippen LogP contribution in [0.3, 0.4) is 0 Å². The van der Waals surface area contributed by atoms with Crippen molar-refractivity contribution in [1.82, 2.24) is 9.21 Å². The summed E-state index contributed by atoms with van der Waals surface area (Å²) in [5.74, 6) is -0.0440. The van der Waals surface area contributed by atoms with E-state index in [1.807, 2.05) is 0 Å². The number of rotatable bonds is 3. The van der Waals surface area contributed by atoms with Crippen molar-refractivity contribution in [3.63, 3.8) is 0 Å². The molecule has 110 valence electrons. The molecule has 2 rings (SSSR count). The Morgan fingerprint density at radius 3 is 2.32 bits per heavy atom. The Kier molecular flexibility index (Phi) is 4.47. The van der Waals surface area contributed by atoms with Crippen LogP contribution in [0.5, 0.6) is 0 Å². The summed E-state index contributed by atoms with van der Waals surface area (Å²) in [5, 5.41) is 0. The lowest BCUT2D eigenvalue weighted by atomic mass is 10.1. The van der Waals surface area contributed by atoms with Crippen molar-refractivity contribution >= 4 is 15.9 Å². The van der Waals surface area contributed by atoms with Crippen LogP contribution < -0.4 is 0 Å². The highest BCUT2D eigenvalue weighted by atomic mass is 32.2. The molecule has 1 unspecified atom stereocenters. The van der Waals surface area contributed by atoms with Crippen molar-refractivity contribution in [2.24, 2.45) is 0 Å². The number of methoxy groups -OCH3 is 1. The summed E-state index contributed by atoms with van der Waals surface area (Å²) in [6, 6.07) is -0.492. The molecule has 0 aromatic rings. The normalized spacial score (nSPS) is 26.8. The molecule has 0 spiro atoms. The van der Waals surface area contributed by atoms with Gasteiger partial charge in [0.2, 0.25) is 15.9 Å². The van der Waals surface area contributed by atoms with Gasteiger partial charge in [0.1, 0.15) is 6.04 Å². The number of carbonyl (C=O) groups excluding carboxylic acids is 1. The van der Waals surface area contributed by atoms with Crippen molar-refractivity contribution in [3.8, 4) is 0 Å². The van der Waals surface area contributed by atoms with Gasteiger partial charge in [-0.2, -0.15) is 4.31 Å². The average Bonchev–Trinajstić information content (AvgIpc) is 2.87. The molecule has 2 saturated heterocycles. The molecule has 0 aliphatic carbocycles. The summed E-state index contributed by atoms with van der Waals surface area (Å²) in [4.78, 5) is 14.2. The lowest BCUT2D eigenvalue weighted by Crippen LogP contribution is -2.50. The highest BCUT2D eigenvalue weighted by Gasteiger charge is 2.39. The molecule has 19 heavy (non-hydrogen) atoms. The summed E-state index contributed by atoms with van der Waals surface area (Å²) in [6.07, 6.45) is 4.45.